The normalized spacial score (nSPS) is 15.8. The third-order valence-electron chi connectivity index (χ3n) is 2.94. The first-order valence-corrected chi connectivity index (χ1v) is 5.62. The van der Waals surface area contributed by atoms with E-state index >= 15 is 0 Å². The summed E-state index contributed by atoms with van der Waals surface area (Å²) >= 11 is 0. The molecule has 0 unspecified atom stereocenters. The maximum absolute atomic E-state index is 5.68. The van der Waals surface area contributed by atoms with Gasteiger partial charge in [-0.3, -0.25) is 0 Å². The van der Waals surface area contributed by atoms with Gasteiger partial charge < -0.3 is 9.30 Å². The monoisotopic (exact) mass is 201 g/mol. The maximum Gasteiger partial charge on any atom is 0.143 e. The van der Waals surface area contributed by atoms with Gasteiger partial charge in [0.2, 0.25) is 0 Å². The number of hydrogen-bond acceptors (Lipinski definition) is 1. The molecule has 0 bridgehead atoms. The van der Waals surface area contributed by atoms with Gasteiger partial charge in [0.15, 0.2) is 0 Å². The third-order valence-corrected chi connectivity index (χ3v) is 2.94. The SMILES string of the molecule is CCOc1cccc2ccn(C3CC3)c12. The minimum Gasteiger partial charge on any atom is -0.492 e. The second-order valence-electron chi connectivity index (χ2n) is 4.08. The van der Waals surface area contributed by atoms with E-state index in [0.717, 1.165) is 12.4 Å². The van der Waals surface area contributed by atoms with Crippen molar-refractivity contribution >= 4 is 10.9 Å². The number of hydrogen-bond donors (Lipinski definition) is 0. The molecule has 0 atom stereocenters. The number of rotatable bonds is 3. The zero-order chi connectivity index (χ0) is 10.3. The van der Waals surface area contributed by atoms with Crippen LogP contribution in [0.5, 0.6) is 5.75 Å². The second kappa shape index (κ2) is 3.30. The Balaban J connectivity index is 2.19. The van der Waals surface area contributed by atoms with E-state index in [2.05, 4.69) is 35.0 Å². The first kappa shape index (κ1) is 8.84. The Hall–Kier alpha value is -1.44. The minimum atomic E-state index is 0.712. The predicted octanol–water partition coefficient (Wildman–Crippen LogP) is 3.37. The summed E-state index contributed by atoms with van der Waals surface area (Å²) in [4.78, 5) is 0. The first-order chi connectivity index (χ1) is 7.40. The van der Waals surface area contributed by atoms with Crippen LogP contribution in [0.25, 0.3) is 10.9 Å². The van der Waals surface area contributed by atoms with Crippen molar-refractivity contribution in [2.75, 3.05) is 6.61 Å². The zero-order valence-corrected chi connectivity index (χ0v) is 8.94. The summed E-state index contributed by atoms with van der Waals surface area (Å²) in [6.07, 6.45) is 4.80. The predicted molar refractivity (Wildman–Crippen MR) is 61.4 cm³/mol. The van der Waals surface area contributed by atoms with Crippen LogP contribution in [0.4, 0.5) is 0 Å². The van der Waals surface area contributed by atoms with E-state index in [0.29, 0.717) is 6.04 Å². The van der Waals surface area contributed by atoms with Crippen LogP contribution < -0.4 is 4.74 Å². The Morgan fingerprint density at radius 1 is 1.33 bits per heavy atom. The molecule has 1 saturated carbocycles. The van der Waals surface area contributed by atoms with Gasteiger partial charge in [-0.25, -0.2) is 0 Å². The van der Waals surface area contributed by atoms with Crippen molar-refractivity contribution in [3.8, 4) is 5.75 Å². The Kier molecular flexibility index (Phi) is 1.94. The molecule has 1 aromatic carbocycles. The van der Waals surface area contributed by atoms with Crippen LogP contribution >= 0.6 is 0 Å². The lowest BCUT2D eigenvalue weighted by Gasteiger charge is -2.08. The number of para-hydroxylation sites is 1. The highest BCUT2D eigenvalue weighted by molar-refractivity contribution is 5.86. The number of nitrogens with zero attached hydrogens (tertiary/aromatic N) is 1. The van der Waals surface area contributed by atoms with Crippen molar-refractivity contribution in [3.63, 3.8) is 0 Å². The number of ether oxygens (including phenoxy) is 1. The fraction of sp³-hybridized carbons (Fsp3) is 0.385. The Morgan fingerprint density at radius 2 is 2.20 bits per heavy atom. The Labute approximate surface area is 89.5 Å². The van der Waals surface area contributed by atoms with Crippen molar-refractivity contribution in [2.45, 2.75) is 25.8 Å². The molecular weight excluding hydrogens is 186 g/mol. The molecule has 2 heteroatoms. The zero-order valence-electron chi connectivity index (χ0n) is 8.94. The highest BCUT2D eigenvalue weighted by Crippen LogP contribution is 2.40. The summed E-state index contributed by atoms with van der Waals surface area (Å²) in [5.74, 6) is 1.02. The lowest BCUT2D eigenvalue weighted by atomic mass is 10.2. The molecule has 78 valence electrons. The molecule has 1 fully saturated rings. The molecule has 1 heterocycles. The largest absolute Gasteiger partial charge is 0.492 e. The van der Waals surface area contributed by atoms with Crippen LogP contribution in [0.2, 0.25) is 0 Å². The molecular formula is C13H15NO. The van der Waals surface area contributed by atoms with Gasteiger partial charge in [-0.1, -0.05) is 12.1 Å². The van der Waals surface area contributed by atoms with Crippen LogP contribution in [0.1, 0.15) is 25.8 Å². The molecule has 0 radical (unpaired) electrons. The van der Waals surface area contributed by atoms with E-state index in [1.807, 2.05) is 6.92 Å². The van der Waals surface area contributed by atoms with Gasteiger partial charge >= 0.3 is 0 Å². The van der Waals surface area contributed by atoms with Crippen molar-refractivity contribution in [3.05, 3.63) is 30.5 Å². The topological polar surface area (TPSA) is 14.2 Å². The van der Waals surface area contributed by atoms with Crippen molar-refractivity contribution in [1.82, 2.24) is 4.57 Å². The highest BCUT2D eigenvalue weighted by atomic mass is 16.5. The Morgan fingerprint density at radius 3 is 2.93 bits per heavy atom. The van der Waals surface area contributed by atoms with Gasteiger partial charge in [-0.2, -0.15) is 0 Å². The molecule has 0 spiro atoms. The lowest BCUT2D eigenvalue weighted by molar-refractivity contribution is 0.342. The highest BCUT2D eigenvalue weighted by Gasteiger charge is 2.25. The van der Waals surface area contributed by atoms with Gasteiger partial charge in [0.05, 0.1) is 12.1 Å². The van der Waals surface area contributed by atoms with Gasteiger partial charge in [0, 0.05) is 17.6 Å². The molecule has 0 N–H and O–H groups in total. The van der Waals surface area contributed by atoms with Crippen LogP contribution in [0, 0.1) is 0 Å². The fourth-order valence-corrected chi connectivity index (χ4v) is 2.11. The molecule has 3 rings (SSSR count). The van der Waals surface area contributed by atoms with Gasteiger partial charge in [0.1, 0.15) is 5.75 Å². The van der Waals surface area contributed by atoms with E-state index < -0.39 is 0 Å². The fourth-order valence-electron chi connectivity index (χ4n) is 2.11. The van der Waals surface area contributed by atoms with Gasteiger partial charge in [-0.15, -0.1) is 0 Å². The molecule has 0 amide bonds. The number of aromatic nitrogens is 1. The summed E-state index contributed by atoms with van der Waals surface area (Å²) in [5, 5.41) is 1.29. The van der Waals surface area contributed by atoms with Crippen LogP contribution in [-0.2, 0) is 0 Å². The summed E-state index contributed by atoms with van der Waals surface area (Å²) < 4.78 is 8.04. The lowest BCUT2D eigenvalue weighted by Crippen LogP contribution is -1.97. The van der Waals surface area contributed by atoms with Gasteiger partial charge in [-0.05, 0) is 31.9 Å². The Bertz CT molecular complexity index is 482. The van der Waals surface area contributed by atoms with Crippen molar-refractivity contribution in [1.29, 1.82) is 0 Å². The summed E-state index contributed by atoms with van der Waals surface area (Å²) in [6, 6.07) is 9.16. The number of benzene rings is 1. The van der Waals surface area contributed by atoms with Crippen LogP contribution in [0.3, 0.4) is 0 Å². The maximum atomic E-state index is 5.68. The average Bonchev–Trinajstić information content (AvgIpc) is 3.00. The van der Waals surface area contributed by atoms with E-state index in [1.165, 1.54) is 23.7 Å². The number of fused-ring (bicyclic) bond motifs is 1. The van der Waals surface area contributed by atoms with Crippen LogP contribution in [-0.4, -0.2) is 11.2 Å². The molecule has 1 aromatic heterocycles. The quantitative estimate of drug-likeness (QED) is 0.742. The van der Waals surface area contributed by atoms with E-state index in [4.69, 9.17) is 4.74 Å². The molecule has 1 aliphatic rings. The first-order valence-electron chi connectivity index (χ1n) is 5.62. The van der Waals surface area contributed by atoms with E-state index in [9.17, 15) is 0 Å². The van der Waals surface area contributed by atoms with Crippen molar-refractivity contribution in [2.24, 2.45) is 0 Å². The second-order valence-corrected chi connectivity index (χ2v) is 4.08. The minimum absolute atomic E-state index is 0.712. The molecule has 0 saturated heterocycles. The molecule has 15 heavy (non-hydrogen) atoms. The summed E-state index contributed by atoms with van der Waals surface area (Å²) in [7, 11) is 0. The summed E-state index contributed by atoms with van der Waals surface area (Å²) in [5.41, 5.74) is 1.27. The molecule has 2 nitrogen and oxygen atoms in total. The van der Waals surface area contributed by atoms with Gasteiger partial charge in [0.25, 0.3) is 0 Å². The van der Waals surface area contributed by atoms with E-state index in [1.54, 1.807) is 0 Å². The van der Waals surface area contributed by atoms with Crippen molar-refractivity contribution < 1.29 is 4.74 Å². The van der Waals surface area contributed by atoms with Crippen LogP contribution in [0.15, 0.2) is 30.5 Å². The standard InChI is InChI=1S/C13H15NO/c1-2-15-12-5-3-4-10-8-9-14(13(10)12)11-6-7-11/h3-5,8-9,11H,2,6-7H2,1H3. The molecule has 0 aliphatic heterocycles. The third kappa shape index (κ3) is 1.41. The average molecular weight is 201 g/mol. The smallest absolute Gasteiger partial charge is 0.143 e. The molecule has 1 aliphatic carbocycles. The van der Waals surface area contributed by atoms with E-state index in [-0.39, 0.29) is 0 Å². The molecule has 2 aromatic rings. The summed E-state index contributed by atoms with van der Waals surface area (Å²) in [6.45, 7) is 2.76.